The lowest BCUT2D eigenvalue weighted by Gasteiger charge is -2.13. The van der Waals surface area contributed by atoms with E-state index in [1.165, 1.54) is 0 Å². The smallest absolute Gasteiger partial charge is 0.231 e. The Bertz CT molecular complexity index is 737. The van der Waals surface area contributed by atoms with Crippen molar-refractivity contribution in [1.29, 1.82) is 0 Å². The number of ether oxygens (including phenoxy) is 2. The van der Waals surface area contributed by atoms with Crippen molar-refractivity contribution in [2.45, 2.75) is 19.4 Å². The molecule has 0 fully saturated rings. The first-order chi connectivity index (χ1) is 12.8. The molecular weight excluding hydrogens is 332 g/mol. The van der Waals surface area contributed by atoms with Gasteiger partial charge in [0, 0.05) is 25.5 Å². The number of pyridine rings is 1. The Balaban J connectivity index is 1.51. The molecule has 0 saturated carbocycles. The second-order valence-corrected chi connectivity index (χ2v) is 5.88. The van der Waals surface area contributed by atoms with Gasteiger partial charge in [0.05, 0.1) is 12.6 Å². The molecule has 1 aromatic heterocycles. The quantitative estimate of drug-likeness (QED) is 0.516. The lowest BCUT2D eigenvalue weighted by Crippen LogP contribution is -2.38. The summed E-state index contributed by atoms with van der Waals surface area (Å²) in [4.78, 5) is 8.41. The largest absolute Gasteiger partial charge is 0.454 e. The Labute approximate surface area is 153 Å². The molecule has 1 atom stereocenters. The van der Waals surface area contributed by atoms with Crippen molar-refractivity contribution in [3.63, 3.8) is 0 Å². The highest BCUT2D eigenvalue weighted by molar-refractivity contribution is 5.79. The molecule has 1 aliphatic heterocycles. The van der Waals surface area contributed by atoms with Crippen LogP contribution in [0.1, 0.15) is 24.2 Å². The average Bonchev–Trinajstić information content (AvgIpc) is 3.14. The molecule has 138 valence electrons. The number of hydrogen-bond donors (Lipinski definition) is 3. The Kier molecular flexibility index (Phi) is 6.27. The van der Waals surface area contributed by atoms with Gasteiger partial charge in [-0.25, -0.2) is 0 Å². The minimum atomic E-state index is -0.651. The van der Waals surface area contributed by atoms with Crippen LogP contribution in [-0.2, 0) is 6.42 Å². The predicted octanol–water partition coefficient (Wildman–Crippen LogP) is 1.64. The first kappa shape index (κ1) is 18.0. The maximum Gasteiger partial charge on any atom is 0.231 e. The molecule has 1 unspecified atom stereocenters. The normalized spacial score (nSPS) is 14.2. The summed E-state index contributed by atoms with van der Waals surface area (Å²) in [5.74, 6) is 2.27. The van der Waals surface area contributed by atoms with Gasteiger partial charge in [-0.2, -0.15) is 0 Å². The topological polar surface area (TPSA) is 88.0 Å². The van der Waals surface area contributed by atoms with Crippen molar-refractivity contribution in [1.82, 2.24) is 15.6 Å². The average molecular weight is 356 g/mol. The monoisotopic (exact) mass is 356 g/mol. The van der Waals surface area contributed by atoms with Crippen molar-refractivity contribution in [3.05, 3.63) is 53.9 Å². The summed E-state index contributed by atoms with van der Waals surface area (Å²) >= 11 is 0. The van der Waals surface area contributed by atoms with E-state index in [1.54, 1.807) is 24.5 Å². The van der Waals surface area contributed by atoms with Gasteiger partial charge in [0.2, 0.25) is 6.79 Å². The zero-order valence-electron chi connectivity index (χ0n) is 14.8. The number of guanidine groups is 1. The number of aliphatic hydroxyl groups is 1. The molecule has 0 spiro atoms. The summed E-state index contributed by atoms with van der Waals surface area (Å²) in [6.45, 7) is 4.05. The van der Waals surface area contributed by atoms with Crippen molar-refractivity contribution < 1.29 is 14.6 Å². The highest BCUT2D eigenvalue weighted by Crippen LogP contribution is 2.32. The molecule has 2 heterocycles. The first-order valence-electron chi connectivity index (χ1n) is 8.75. The van der Waals surface area contributed by atoms with Crippen molar-refractivity contribution >= 4 is 5.96 Å². The number of aliphatic imine (C=N–C) groups is 1. The molecule has 26 heavy (non-hydrogen) atoms. The van der Waals surface area contributed by atoms with Gasteiger partial charge in [-0.1, -0.05) is 6.07 Å². The highest BCUT2D eigenvalue weighted by Gasteiger charge is 2.13. The Morgan fingerprint density at radius 1 is 1.19 bits per heavy atom. The van der Waals surface area contributed by atoms with Crippen LogP contribution in [0.2, 0.25) is 0 Å². The zero-order valence-corrected chi connectivity index (χ0v) is 14.8. The molecule has 3 N–H and O–H groups in total. The Morgan fingerprint density at radius 2 is 2.00 bits per heavy atom. The molecule has 3 rings (SSSR count). The predicted molar refractivity (Wildman–Crippen MR) is 99.4 cm³/mol. The van der Waals surface area contributed by atoms with Gasteiger partial charge in [-0.15, -0.1) is 0 Å². The van der Waals surface area contributed by atoms with E-state index < -0.39 is 6.10 Å². The van der Waals surface area contributed by atoms with E-state index in [2.05, 4.69) is 20.6 Å². The molecule has 0 amide bonds. The fourth-order valence-corrected chi connectivity index (χ4v) is 2.63. The summed E-state index contributed by atoms with van der Waals surface area (Å²) in [7, 11) is 0. The Hall–Kier alpha value is -2.80. The van der Waals surface area contributed by atoms with Crippen LogP contribution in [0.15, 0.2) is 47.7 Å². The number of aliphatic hydroxyl groups excluding tert-OH is 1. The SMILES string of the molecule is CCNC(=NCC(O)c1ccncc1)NCCc1ccc2c(c1)OCO2. The van der Waals surface area contributed by atoms with Crippen LogP contribution in [0.4, 0.5) is 0 Å². The van der Waals surface area contributed by atoms with Crippen LogP contribution in [-0.4, -0.2) is 42.5 Å². The molecule has 1 aromatic carbocycles. The van der Waals surface area contributed by atoms with Crippen molar-refractivity contribution in [2.75, 3.05) is 26.4 Å². The minimum absolute atomic E-state index is 0.281. The third-order valence-corrected chi connectivity index (χ3v) is 4.00. The van der Waals surface area contributed by atoms with Gasteiger partial charge in [-0.05, 0) is 48.7 Å². The Morgan fingerprint density at radius 3 is 2.81 bits per heavy atom. The molecule has 2 aromatic rings. The number of fused-ring (bicyclic) bond motifs is 1. The maximum absolute atomic E-state index is 10.2. The molecule has 0 bridgehead atoms. The second kappa shape index (κ2) is 9.05. The molecule has 7 heteroatoms. The van der Waals surface area contributed by atoms with Crippen LogP contribution in [0, 0.1) is 0 Å². The van der Waals surface area contributed by atoms with Crippen molar-refractivity contribution in [3.8, 4) is 11.5 Å². The number of hydrogen-bond acceptors (Lipinski definition) is 5. The third-order valence-electron chi connectivity index (χ3n) is 4.00. The number of nitrogens with one attached hydrogen (secondary N) is 2. The van der Waals surface area contributed by atoms with E-state index in [1.807, 2.05) is 25.1 Å². The lowest BCUT2D eigenvalue weighted by molar-refractivity contribution is 0.174. The summed E-state index contributed by atoms with van der Waals surface area (Å²) in [6, 6.07) is 9.55. The van der Waals surface area contributed by atoms with Crippen LogP contribution in [0.25, 0.3) is 0 Å². The van der Waals surface area contributed by atoms with Gasteiger partial charge in [0.15, 0.2) is 17.5 Å². The third kappa shape index (κ3) is 4.86. The standard InChI is InChI=1S/C19H24N4O3/c1-2-21-19(23-12-16(24)15-6-8-20-9-7-15)22-10-5-14-3-4-17-18(11-14)26-13-25-17/h3-4,6-9,11,16,24H,2,5,10,12-13H2,1H3,(H2,21,22,23). The highest BCUT2D eigenvalue weighted by atomic mass is 16.7. The van der Waals surface area contributed by atoms with Gasteiger partial charge in [-0.3, -0.25) is 9.98 Å². The number of nitrogens with zero attached hydrogens (tertiary/aromatic N) is 2. The molecular formula is C19H24N4O3. The molecule has 7 nitrogen and oxygen atoms in total. The van der Waals surface area contributed by atoms with E-state index in [9.17, 15) is 5.11 Å². The lowest BCUT2D eigenvalue weighted by atomic mass is 10.1. The summed E-state index contributed by atoms with van der Waals surface area (Å²) < 4.78 is 10.7. The number of rotatable bonds is 7. The molecule has 0 saturated heterocycles. The van der Waals surface area contributed by atoms with Gasteiger partial charge >= 0.3 is 0 Å². The second-order valence-electron chi connectivity index (χ2n) is 5.88. The first-order valence-corrected chi connectivity index (χ1v) is 8.75. The number of benzene rings is 1. The van der Waals surface area contributed by atoms with E-state index in [0.29, 0.717) is 5.96 Å². The summed E-state index contributed by atoms with van der Waals surface area (Å²) in [5, 5.41) is 16.7. The maximum atomic E-state index is 10.2. The summed E-state index contributed by atoms with van der Waals surface area (Å²) in [5.41, 5.74) is 1.97. The van der Waals surface area contributed by atoms with E-state index in [4.69, 9.17) is 9.47 Å². The van der Waals surface area contributed by atoms with Crippen LogP contribution >= 0.6 is 0 Å². The minimum Gasteiger partial charge on any atom is -0.454 e. The van der Waals surface area contributed by atoms with Crippen LogP contribution in [0.5, 0.6) is 11.5 Å². The van der Waals surface area contributed by atoms with E-state index >= 15 is 0 Å². The van der Waals surface area contributed by atoms with Crippen molar-refractivity contribution in [2.24, 2.45) is 4.99 Å². The molecule has 1 aliphatic rings. The van der Waals surface area contributed by atoms with Gasteiger partial charge < -0.3 is 25.2 Å². The van der Waals surface area contributed by atoms with E-state index in [0.717, 1.165) is 42.1 Å². The van der Waals surface area contributed by atoms with Crippen LogP contribution < -0.4 is 20.1 Å². The molecule has 0 aliphatic carbocycles. The van der Waals surface area contributed by atoms with E-state index in [-0.39, 0.29) is 13.3 Å². The fraction of sp³-hybridized carbons (Fsp3) is 0.368. The molecule has 0 radical (unpaired) electrons. The zero-order chi connectivity index (χ0) is 18.2. The van der Waals surface area contributed by atoms with Gasteiger partial charge in [0.1, 0.15) is 0 Å². The van der Waals surface area contributed by atoms with Crippen LogP contribution in [0.3, 0.4) is 0 Å². The van der Waals surface area contributed by atoms with Gasteiger partial charge in [0.25, 0.3) is 0 Å². The fourth-order valence-electron chi connectivity index (χ4n) is 2.63. The number of aromatic nitrogens is 1. The summed E-state index contributed by atoms with van der Waals surface area (Å²) in [6.07, 6.45) is 3.50.